The third-order valence-electron chi connectivity index (χ3n) is 2.73. The third-order valence-corrected chi connectivity index (χ3v) is 2.73. The zero-order valence-electron chi connectivity index (χ0n) is 15.2. The van der Waals surface area contributed by atoms with Crippen molar-refractivity contribution >= 4 is 0 Å². The normalized spacial score (nSPS) is 11.1. The van der Waals surface area contributed by atoms with E-state index in [-0.39, 0.29) is 0 Å². The van der Waals surface area contributed by atoms with E-state index in [1.807, 2.05) is 14.1 Å². The summed E-state index contributed by atoms with van der Waals surface area (Å²) in [7, 11) is 4.04. The van der Waals surface area contributed by atoms with Gasteiger partial charge < -0.3 is 33.3 Å². The average Bonchev–Trinajstić information content (AvgIpc) is 2.56. The van der Waals surface area contributed by atoms with Crippen molar-refractivity contribution in [2.24, 2.45) is 0 Å². The zero-order chi connectivity index (χ0) is 17.7. The first-order valence-corrected chi connectivity index (χ1v) is 8.32. The van der Waals surface area contributed by atoms with E-state index in [4.69, 9.17) is 34.8 Å². The summed E-state index contributed by atoms with van der Waals surface area (Å²) in [6, 6.07) is 0. The molecule has 0 aliphatic heterocycles. The number of ether oxygens (including phenoxy) is 6. The van der Waals surface area contributed by atoms with Crippen molar-refractivity contribution in [1.29, 1.82) is 0 Å². The Kier molecular flexibility index (Phi) is 19.7. The van der Waals surface area contributed by atoms with Gasteiger partial charge in [-0.3, -0.25) is 0 Å². The molecule has 0 spiro atoms. The highest BCUT2D eigenvalue weighted by Gasteiger charge is 1.94. The highest BCUT2D eigenvalue weighted by Crippen LogP contribution is 1.85. The molecule has 0 rings (SSSR count). The minimum Gasteiger partial charge on any atom is -0.378 e. The van der Waals surface area contributed by atoms with E-state index in [9.17, 15) is 0 Å². The summed E-state index contributed by atoms with van der Waals surface area (Å²) in [6.07, 6.45) is 5.05. The molecule has 7 nitrogen and oxygen atoms in total. The lowest BCUT2D eigenvalue weighted by atomic mass is 10.6. The molecule has 0 saturated carbocycles. The molecule has 0 unspecified atom stereocenters. The number of likely N-dealkylation sites (N-methyl/N-ethyl adjacent to an activating group) is 1. The van der Waals surface area contributed by atoms with Gasteiger partial charge >= 0.3 is 0 Å². The van der Waals surface area contributed by atoms with Gasteiger partial charge in [-0.15, -0.1) is 6.42 Å². The Bertz CT molecular complexity index is 283. The fourth-order valence-corrected chi connectivity index (χ4v) is 1.48. The molecular weight excluding hydrogens is 314 g/mol. The predicted octanol–water partition coefficient (Wildman–Crippen LogP) is 0.281. The first-order chi connectivity index (χ1) is 11.8. The maximum absolute atomic E-state index is 5.41. The lowest BCUT2D eigenvalue weighted by molar-refractivity contribution is -0.0159. The van der Waals surface area contributed by atoms with Crippen molar-refractivity contribution in [1.82, 2.24) is 4.90 Å². The van der Waals surface area contributed by atoms with Gasteiger partial charge in [0, 0.05) is 6.54 Å². The van der Waals surface area contributed by atoms with E-state index < -0.39 is 0 Å². The van der Waals surface area contributed by atoms with Gasteiger partial charge in [0.25, 0.3) is 0 Å². The van der Waals surface area contributed by atoms with Crippen LogP contribution < -0.4 is 0 Å². The van der Waals surface area contributed by atoms with Crippen LogP contribution in [0.1, 0.15) is 0 Å². The van der Waals surface area contributed by atoms with E-state index in [1.54, 1.807) is 0 Å². The van der Waals surface area contributed by atoms with Crippen LogP contribution in [0.2, 0.25) is 0 Å². The van der Waals surface area contributed by atoms with Crippen molar-refractivity contribution in [3.63, 3.8) is 0 Å². The SMILES string of the molecule is C#CCOCCOCCOCCOCCOCCOCCN(C)C. The Hall–Kier alpha value is -0.720. The van der Waals surface area contributed by atoms with E-state index >= 15 is 0 Å². The third kappa shape index (κ3) is 21.3. The summed E-state index contributed by atoms with van der Waals surface area (Å²) in [5.41, 5.74) is 0. The van der Waals surface area contributed by atoms with Crippen LogP contribution in [0.15, 0.2) is 0 Å². The van der Waals surface area contributed by atoms with Gasteiger partial charge in [-0.1, -0.05) is 5.92 Å². The van der Waals surface area contributed by atoms with Gasteiger partial charge in [-0.05, 0) is 14.1 Å². The summed E-state index contributed by atoms with van der Waals surface area (Å²) < 4.78 is 31.9. The smallest absolute Gasteiger partial charge is 0.107 e. The Balaban J connectivity index is 2.97. The molecule has 0 aromatic carbocycles. The number of hydrogen-bond donors (Lipinski definition) is 0. The summed E-state index contributed by atoms with van der Waals surface area (Å²) in [4.78, 5) is 2.08. The highest BCUT2D eigenvalue weighted by atomic mass is 16.6. The standard InChI is InChI=1S/C17H33NO6/c1-4-6-19-8-10-21-12-14-23-16-17-24-15-13-22-11-9-20-7-5-18(2)3/h1H,5-17H2,2-3H3. The predicted molar refractivity (Wildman–Crippen MR) is 92.3 cm³/mol. The maximum Gasteiger partial charge on any atom is 0.107 e. The van der Waals surface area contributed by atoms with Gasteiger partial charge in [0.1, 0.15) is 6.61 Å². The van der Waals surface area contributed by atoms with Gasteiger partial charge in [0.15, 0.2) is 0 Å². The molecular formula is C17H33NO6. The molecule has 0 aromatic heterocycles. The van der Waals surface area contributed by atoms with Gasteiger partial charge in [-0.25, -0.2) is 0 Å². The minimum atomic E-state index is 0.324. The molecule has 0 aromatic rings. The summed E-state index contributed by atoms with van der Waals surface area (Å²) in [6.45, 7) is 7.52. The number of rotatable bonds is 19. The van der Waals surface area contributed by atoms with Crippen LogP contribution in [0.25, 0.3) is 0 Å². The molecule has 0 fully saturated rings. The molecule has 0 aliphatic rings. The van der Waals surface area contributed by atoms with Crippen LogP contribution in [0, 0.1) is 12.3 Å². The van der Waals surface area contributed by atoms with Crippen molar-refractivity contribution in [3.8, 4) is 12.3 Å². The minimum absolute atomic E-state index is 0.324. The van der Waals surface area contributed by atoms with Gasteiger partial charge in [0.05, 0.1) is 72.7 Å². The highest BCUT2D eigenvalue weighted by molar-refractivity contribution is 4.82. The molecule has 0 aliphatic carbocycles. The molecule has 0 atom stereocenters. The molecule has 24 heavy (non-hydrogen) atoms. The summed E-state index contributed by atoms with van der Waals surface area (Å²) in [5, 5.41) is 0. The van der Waals surface area contributed by atoms with Crippen molar-refractivity contribution in [2.75, 3.05) is 99.9 Å². The quantitative estimate of drug-likeness (QED) is 0.246. The Morgan fingerprint density at radius 2 is 0.917 bits per heavy atom. The van der Waals surface area contributed by atoms with Gasteiger partial charge in [-0.2, -0.15) is 0 Å². The molecule has 0 bridgehead atoms. The van der Waals surface area contributed by atoms with Crippen LogP contribution in [-0.4, -0.2) is 105 Å². The molecule has 0 saturated heterocycles. The lowest BCUT2D eigenvalue weighted by Crippen LogP contribution is -2.19. The fourth-order valence-electron chi connectivity index (χ4n) is 1.48. The van der Waals surface area contributed by atoms with Crippen LogP contribution >= 0.6 is 0 Å². The zero-order valence-corrected chi connectivity index (χ0v) is 15.2. The molecule has 0 radical (unpaired) electrons. The molecule has 0 N–H and O–H groups in total. The summed E-state index contributed by atoms with van der Waals surface area (Å²) >= 11 is 0. The molecule has 0 heterocycles. The topological polar surface area (TPSA) is 58.6 Å². The first kappa shape index (κ1) is 23.3. The second-order valence-corrected chi connectivity index (χ2v) is 5.12. The van der Waals surface area contributed by atoms with Crippen LogP contribution in [0.4, 0.5) is 0 Å². The fraction of sp³-hybridized carbons (Fsp3) is 0.882. The lowest BCUT2D eigenvalue weighted by Gasteiger charge is -2.10. The van der Waals surface area contributed by atoms with E-state index in [0.29, 0.717) is 72.7 Å². The van der Waals surface area contributed by atoms with E-state index in [1.165, 1.54) is 0 Å². The summed E-state index contributed by atoms with van der Waals surface area (Å²) in [5.74, 6) is 2.39. The van der Waals surface area contributed by atoms with E-state index in [0.717, 1.165) is 13.2 Å². The van der Waals surface area contributed by atoms with Gasteiger partial charge in [0.2, 0.25) is 0 Å². The number of terminal acetylenes is 1. The molecule has 7 heteroatoms. The van der Waals surface area contributed by atoms with Crippen molar-refractivity contribution in [3.05, 3.63) is 0 Å². The Labute approximate surface area is 146 Å². The molecule has 142 valence electrons. The van der Waals surface area contributed by atoms with Crippen LogP contribution in [0.5, 0.6) is 0 Å². The van der Waals surface area contributed by atoms with Crippen molar-refractivity contribution < 1.29 is 28.4 Å². The maximum atomic E-state index is 5.41. The van der Waals surface area contributed by atoms with Crippen LogP contribution in [0.3, 0.4) is 0 Å². The number of nitrogens with zero attached hydrogens (tertiary/aromatic N) is 1. The average molecular weight is 347 g/mol. The Morgan fingerprint density at radius 1 is 0.583 bits per heavy atom. The molecule has 0 amide bonds. The van der Waals surface area contributed by atoms with E-state index in [2.05, 4.69) is 10.8 Å². The first-order valence-electron chi connectivity index (χ1n) is 8.32. The van der Waals surface area contributed by atoms with Crippen molar-refractivity contribution in [2.45, 2.75) is 0 Å². The monoisotopic (exact) mass is 347 g/mol. The Morgan fingerprint density at radius 3 is 1.25 bits per heavy atom. The second-order valence-electron chi connectivity index (χ2n) is 5.12. The largest absolute Gasteiger partial charge is 0.378 e. The number of hydrogen-bond acceptors (Lipinski definition) is 7. The van der Waals surface area contributed by atoms with Crippen LogP contribution in [-0.2, 0) is 28.4 Å². The second kappa shape index (κ2) is 20.3.